The van der Waals surface area contributed by atoms with Crippen LogP contribution in [0.4, 0.5) is 13.2 Å². The minimum atomic E-state index is -4.84. The highest BCUT2D eigenvalue weighted by Gasteiger charge is 2.31. The Morgan fingerprint density at radius 3 is 2.36 bits per heavy atom. The highest BCUT2D eigenvalue weighted by molar-refractivity contribution is 7.89. The van der Waals surface area contributed by atoms with Crippen molar-refractivity contribution in [1.29, 1.82) is 0 Å². The summed E-state index contributed by atoms with van der Waals surface area (Å²) in [6.07, 6.45) is -1.57. The molecule has 2 heterocycles. The molecule has 28 heavy (non-hydrogen) atoms. The zero-order chi connectivity index (χ0) is 20.4. The van der Waals surface area contributed by atoms with E-state index in [1.54, 1.807) is 42.3 Å². The van der Waals surface area contributed by atoms with E-state index in [-0.39, 0.29) is 11.4 Å². The van der Waals surface area contributed by atoms with E-state index < -0.39 is 22.1 Å². The van der Waals surface area contributed by atoms with Gasteiger partial charge in [-0.3, -0.25) is 9.67 Å². The Kier molecular flexibility index (Phi) is 5.38. The van der Waals surface area contributed by atoms with Crippen molar-refractivity contribution in [2.45, 2.75) is 17.8 Å². The Morgan fingerprint density at radius 2 is 1.75 bits per heavy atom. The van der Waals surface area contributed by atoms with Crippen molar-refractivity contribution < 1.29 is 26.3 Å². The largest absolute Gasteiger partial charge is 0.573 e. The first-order valence-corrected chi connectivity index (χ1v) is 9.41. The van der Waals surface area contributed by atoms with E-state index in [9.17, 15) is 21.6 Å². The van der Waals surface area contributed by atoms with Gasteiger partial charge >= 0.3 is 6.36 Å². The molecule has 0 aliphatic rings. The van der Waals surface area contributed by atoms with Crippen LogP contribution in [0, 0.1) is 0 Å². The SMILES string of the molecule is Cn1nc(CNS(=O)(=O)c2ccc(OC(F)(F)F)cc2)cc1-c1ccncc1. The highest BCUT2D eigenvalue weighted by atomic mass is 32.2. The average molecular weight is 412 g/mol. The van der Waals surface area contributed by atoms with Crippen LogP contribution in [0.2, 0.25) is 0 Å². The first-order chi connectivity index (χ1) is 13.1. The van der Waals surface area contributed by atoms with Crippen molar-refractivity contribution in [2.24, 2.45) is 7.05 Å². The molecule has 11 heteroatoms. The van der Waals surface area contributed by atoms with Gasteiger partial charge in [-0.15, -0.1) is 13.2 Å². The minimum Gasteiger partial charge on any atom is -0.406 e. The first kappa shape index (κ1) is 19.8. The quantitative estimate of drug-likeness (QED) is 0.673. The van der Waals surface area contributed by atoms with Crippen LogP contribution in [-0.2, 0) is 23.6 Å². The second-order valence-electron chi connectivity index (χ2n) is 5.72. The third-order valence-corrected chi connectivity index (χ3v) is 5.13. The van der Waals surface area contributed by atoms with Crippen molar-refractivity contribution in [3.05, 3.63) is 60.6 Å². The fourth-order valence-corrected chi connectivity index (χ4v) is 3.48. The maximum absolute atomic E-state index is 12.3. The molecule has 0 aliphatic heterocycles. The molecule has 3 aromatic rings. The summed E-state index contributed by atoms with van der Waals surface area (Å²) in [6, 6.07) is 9.27. The molecule has 148 valence electrons. The van der Waals surface area contributed by atoms with E-state index in [1.165, 1.54) is 0 Å². The van der Waals surface area contributed by atoms with Gasteiger partial charge in [-0.2, -0.15) is 5.10 Å². The molecular weight excluding hydrogens is 397 g/mol. The number of pyridine rings is 1. The van der Waals surface area contributed by atoms with Gasteiger partial charge in [0.2, 0.25) is 10.0 Å². The average Bonchev–Trinajstić information content (AvgIpc) is 3.01. The number of nitrogens with one attached hydrogen (secondary N) is 1. The number of alkyl halides is 3. The summed E-state index contributed by atoms with van der Waals surface area (Å²) in [5.74, 6) is -0.502. The molecule has 0 saturated heterocycles. The van der Waals surface area contributed by atoms with Gasteiger partial charge < -0.3 is 4.74 Å². The Balaban J connectivity index is 1.70. The lowest BCUT2D eigenvalue weighted by Crippen LogP contribution is -2.23. The number of aryl methyl sites for hydroxylation is 1. The molecule has 0 fully saturated rings. The van der Waals surface area contributed by atoms with E-state index in [0.717, 1.165) is 35.5 Å². The number of rotatable bonds is 6. The zero-order valence-electron chi connectivity index (χ0n) is 14.5. The van der Waals surface area contributed by atoms with Crippen molar-refractivity contribution in [3.63, 3.8) is 0 Å². The number of aromatic nitrogens is 3. The number of nitrogens with zero attached hydrogens (tertiary/aromatic N) is 3. The molecule has 1 N–H and O–H groups in total. The smallest absolute Gasteiger partial charge is 0.406 e. The Hall–Kier alpha value is -2.92. The van der Waals surface area contributed by atoms with E-state index in [0.29, 0.717) is 5.69 Å². The highest BCUT2D eigenvalue weighted by Crippen LogP contribution is 2.24. The van der Waals surface area contributed by atoms with E-state index in [1.807, 2.05) is 0 Å². The number of hydrogen-bond donors (Lipinski definition) is 1. The molecule has 3 rings (SSSR count). The molecule has 0 bridgehead atoms. The predicted octanol–water partition coefficient (Wildman–Crippen LogP) is 2.86. The van der Waals surface area contributed by atoms with Gasteiger partial charge in [0.1, 0.15) is 5.75 Å². The molecule has 0 aliphatic carbocycles. The van der Waals surface area contributed by atoms with Crippen LogP contribution in [0.5, 0.6) is 5.75 Å². The molecule has 0 spiro atoms. The van der Waals surface area contributed by atoms with Gasteiger partial charge in [0.25, 0.3) is 0 Å². The maximum Gasteiger partial charge on any atom is 0.573 e. The van der Waals surface area contributed by atoms with E-state index in [4.69, 9.17) is 0 Å². The zero-order valence-corrected chi connectivity index (χ0v) is 15.3. The lowest BCUT2D eigenvalue weighted by atomic mass is 10.2. The molecule has 0 saturated carbocycles. The topological polar surface area (TPSA) is 86.1 Å². The van der Waals surface area contributed by atoms with Crippen LogP contribution in [0.1, 0.15) is 5.69 Å². The Labute approximate surface area is 158 Å². The van der Waals surface area contributed by atoms with Gasteiger partial charge in [0, 0.05) is 25.0 Å². The molecule has 0 radical (unpaired) electrons. The summed E-state index contributed by atoms with van der Waals surface area (Å²) < 4.78 is 68.9. The summed E-state index contributed by atoms with van der Waals surface area (Å²) in [5, 5.41) is 4.26. The summed E-state index contributed by atoms with van der Waals surface area (Å²) in [4.78, 5) is 3.75. The van der Waals surface area contributed by atoms with Crippen LogP contribution in [-0.4, -0.2) is 29.5 Å². The number of benzene rings is 1. The monoisotopic (exact) mass is 412 g/mol. The molecule has 0 unspecified atom stereocenters. The fraction of sp³-hybridized carbons (Fsp3) is 0.176. The van der Waals surface area contributed by atoms with Gasteiger partial charge in [-0.25, -0.2) is 13.1 Å². The summed E-state index contributed by atoms with van der Waals surface area (Å²) in [7, 11) is -2.20. The first-order valence-electron chi connectivity index (χ1n) is 7.93. The summed E-state index contributed by atoms with van der Waals surface area (Å²) >= 11 is 0. The number of ether oxygens (including phenoxy) is 1. The van der Waals surface area contributed by atoms with Gasteiger partial charge in [-0.05, 0) is 42.5 Å². The molecular formula is C17H15F3N4O3S. The third-order valence-electron chi connectivity index (χ3n) is 3.72. The van der Waals surface area contributed by atoms with Crippen molar-refractivity contribution in [1.82, 2.24) is 19.5 Å². The van der Waals surface area contributed by atoms with Crippen LogP contribution < -0.4 is 9.46 Å². The fourth-order valence-electron chi connectivity index (χ4n) is 2.48. The number of hydrogen-bond acceptors (Lipinski definition) is 5. The van der Waals surface area contributed by atoms with Gasteiger partial charge in [0.15, 0.2) is 0 Å². The lowest BCUT2D eigenvalue weighted by molar-refractivity contribution is -0.274. The van der Waals surface area contributed by atoms with E-state index >= 15 is 0 Å². The Bertz CT molecular complexity index is 1050. The van der Waals surface area contributed by atoms with E-state index in [2.05, 4.69) is 19.5 Å². The summed E-state index contributed by atoms with van der Waals surface area (Å²) in [5.41, 5.74) is 2.14. The standard InChI is InChI=1S/C17H15F3N4O3S/c1-24-16(12-6-8-21-9-7-12)10-13(23-24)11-22-28(25,26)15-4-2-14(3-5-15)27-17(18,19)20/h2-10,22H,11H2,1H3. The predicted molar refractivity (Wildman–Crippen MR) is 93.6 cm³/mol. The molecule has 7 nitrogen and oxygen atoms in total. The minimum absolute atomic E-state index is 0.0813. The molecule has 1 aromatic carbocycles. The van der Waals surface area contributed by atoms with Crippen LogP contribution >= 0.6 is 0 Å². The van der Waals surface area contributed by atoms with Gasteiger partial charge in [-0.1, -0.05) is 0 Å². The normalized spacial score (nSPS) is 12.1. The molecule has 2 aromatic heterocycles. The number of halogens is 3. The second-order valence-corrected chi connectivity index (χ2v) is 7.49. The van der Waals surface area contributed by atoms with Crippen LogP contribution in [0.25, 0.3) is 11.3 Å². The maximum atomic E-state index is 12.3. The molecule has 0 amide bonds. The molecule has 0 atom stereocenters. The second kappa shape index (κ2) is 7.60. The van der Waals surface area contributed by atoms with Crippen LogP contribution in [0.15, 0.2) is 59.8 Å². The van der Waals surface area contributed by atoms with Crippen molar-refractivity contribution >= 4 is 10.0 Å². The van der Waals surface area contributed by atoms with Gasteiger partial charge in [0.05, 0.1) is 22.8 Å². The van der Waals surface area contributed by atoms with Crippen molar-refractivity contribution in [2.75, 3.05) is 0 Å². The van der Waals surface area contributed by atoms with Crippen molar-refractivity contribution in [3.8, 4) is 17.0 Å². The third kappa shape index (κ3) is 4.87. The van der Waals surface area contributed by atoms with Crippen LogP contribution in [0.3, 0.4) is 0 Å². The Morgan fingerprint density at radius 1 is 1.11 bits per heavy atom. The number of sulfonamides is 1. The summed E-state index contributed by atoms with van der Waals surface area (Å²) in [6.45, 7) is -0.0813. The lowest BCUT2D eigenvalue weighted by Gasteiger charge is -2.10.